The van der Waals surface area contributed by atoms with Gasteiger partial charge in [0.05, 0.1) is 5.52 Å². The number of fused-ring (bicyclic) bond motifs is 3. The van der Waals surface area contributed by atoms with Crippen molar-refractivity contribution >= 4 is 17.3 Å². The van der Waals surface area contributed by atoms with Gasteiger partial charge in [-0.2, -0.15) is 0 Å². The molecule has 0 saturated heterocycles. The van der Waals surface area contributed by atoms with Crippen molar-refractivity contribution in [2.45, 2.75) is 38.5 Å². The predicted octanol–water partition coefficient (Wildman–Crippen LogP) is 3.51. The van der Waals surface area contributed by atoms with Crippen LogP contribution >= 0.6 is 0 Å². The first kappa shape index (κ1) is 10.6. The zero-order valence-corrected chi connectivity index (χ0v) is 10.1. The number of para-hydroxylation sites is 1. The average Bonchev–Trinajstić information content (AvgIpc) is 2.72. The molecular weight excluding hydrogens is 210 g/mol. The van der Waals surface area contributed by atoms with Gasteiger partial charge in [-0.15, -0.1) is 0 Å². The molecule has 2 nitrogen and oxygen atoms in total. The van der Waals surface area contributed by atoms with Gasteiger partial charge >= 0.3 is 0 Å². The maximum atomic E-state index is 11.4. The van der Waals surface area contributed by atoms with E-state index in [0.29, 0.717) is 5.92 Å². The average molecular weight is 227 g/mol. The van der Waals surface area contributed by atoms with E-state index in [1.807, 2.05) is 10.6 Å². The van der Waals surface area contributed by atoms with E-state index in [-0.39, 0.29) is 0 Å². The van der Waals surface area contributed by atoms with Gasteiger partial charge in [0.25, 0.3) is 0 Å². The van der Waals surface area contributed by atoms with Crippen molar-refractivity contribution in [3.8, 4) is 0 Å². The highest BCUT2D eigenvalue weighted by Gasteiger charge is 2.26. The van der Waals surface area contributed by atoms with Gasteiger partial charge in [0, 0.05) is 11.1 Å². The third kappa shape index (κ3) is 1.43. The van der Waals surface area contributed by atoms with Crippen molar-refractivity contribution in [1.82, 2.24) is 4.57 Å². The fraction of sp³-hybridized carbons (Fsp3) is 0.400. The molecule has 17 heavy (non-hydrogen) atoms. The summed E-state index contributed by atoms with van der Waals surface area (Å²) in [6.07, 6.45) is 5.69. The molecule has 0 spiro atoms. The third-order valence-electron chi connectivity index (χ3n) is 4.02. The highest BCUT2D eigenvalue weighted by Crippen LogP contribution is 2.39. The number of aromatic nitrogens is 1. The van der Waals surface area contributed by atoms with Crippen molar-refractivity contribution in [3.63, 3.8) is 0 Å². The predicted molar refractivity (Wildman–Crippen MR) is 70.1 cm³/mol. The molecule has 0 aliphatic heterocycles. The molecule has 3 rings (SSSR count). The lowest BCUT2D eigenvalue weighted by molar-refractivity contribution is 0.510. The molecule has 0 radical (unpaired) electrons. The van der Waals surface area contributed by atoms with Crippen LogP contribution in [0.15, 0.2) is 24.3 Å². The molecule has 1 aliphatic carbocycles. The van der Waals surface area contributed by atoms with Crippen molar-refractivity contribution in [3.05, 3.63) is 35.5 Å². The highest BCUT2D eigenvalue weighted by molar-refractivity contribution is 5.90. The number of aryl methyl sites for hydroxylation is 1. The minimum Gasteiger partial charge on any atom is -0.286 e. The van der Waals surface area contributed by atoms with E-state index in [2.05, 4.69) is 25.1 Å². The Morgan fingerprint density at radius 3 is 3.00 bits per heavy atom. The van der Waals surface area contributed by atoms with Crippen molar-refractivity contribution in [1.29, 1.82) is 0 Å². The molecule has 2 aromatic rings. The first-order valence-corrected chi connectivity index (χ1v) is 6.43. The molecule has 1 aromatic carbocycles. The Hall–Kier alpha value is -1.57. The lowest BCUT2D eigenvalue weighted by Crippen LogP contribution is -2.13. The topological polar surface area (TPSA) is 22.0 Å². The van der Waals surface area contributed by atoms with Gasteiger partial charge in [-0.3, -0.25) is 9.36 Å². The quantitative estimate of drug-likeness (QED) is 0.720. The second kappa shape index (κ2) is 4.02. The second-order valence-corrected chi connectivity index (χ2v) is 4.85. The first-order chi connectivity index (χ1) is 8.36. The maximum absolute atomic E-state index is 11.4. The molecule has 1 heterocycles. The van der Waals surface area contributed by atoms with E-state index in [0.717, 1.165) is 24.8 Å². The van der Waals surface area contributed by atoms with Gasteiger partial charge < -0.3 is 0 Å². The summed E-state index contributed by atoms with van der Waals surface area (Å²) in [7, 11) is 0. The van der Waals surface area contributed by atoms with Crippen LogP contribution in [0.25, 0.3) is 10.9 Å². The third-order valence-corrected chi connectivity index (χ3v) is 4.02. The molecule has 88 valence electrons. The molecule has 0 amide bonds. The van der Waals surface area contributed by atoms with Crippen LogP contribution in [0, 0.1) is 0 Å². The van der Waals surface area contributed by atoms with Gasteiger partial charge in [-0.05, 0) is 43.2 Å². The SMILES string of the molecule is CCC1CCCc2c1n(C=O)c1ccccc21. The van der Waals surface area contributed by atoms with Crippen molar-refractivity contribution in [2.75, 3.05) is 0 Å². The zero-order chi connectivity index (χ0) is 11.8. The highest BCUT2D eigenvalue weighted by atomic mass is 16.1. The number of carbonyl (C=O) groups excluding carboxylic acids is 1. The monoisotopic (exact) mass is 227 g/mol. The minimum atomic E-state index is 0.552. The van der Waals surface area contributed by atoms with Gasteiger partial charge in [0.1, 0.15) is 0 Å². The summed E-state index contributed by atoms with van der Waals surface area (Å²) >= 11 is 0. The number of benzene rings is 1. The number of rotatable bonds is 2. The normalized spacial score (nSPS) is 19.2. The Morgan fingerprint density at radius 2 is 2.24 bits per heavy atom. The van der Waals surface area contributed by atoms with E-state index < -0.39 is 0 Å². The molecule has 0 N–H and O–H groups in total. The van der Waals surface area contributed by atoms with Crippen LogP contribution in [0.2, 0.25) is 0 Å². The minimum absolute atomic E-state index is 0.552. The summed E-state index contributed by atoms with van der Waals surface area (Å²) in [6.45, 7) is 2.21. The fourth-order valence-corrected chi connectivity index (χ4v) is 3.23. The lowest BCUT2D eigenvalue weighted by Gasteiger charge is -2.22. The molecule has 1 unspecified atom stereocenters. The van der Waals surface area contributed by atoms with Gasteiger partial charge in [-0.25, -0.2) is 0 Å². The van der Waals surface area contributed by atoms with E-state index in [9.17, 15) is 4.79 Å². The van der Waals surface area contributed by atoms with Crippen LogP contribution in [0.3, 0.4) is 0 Å². The van der Waals surface area contributed by atoms with E-state index in [1.165, 1.54) is 29.5 Å². The molecule has 0 fully saturated rings. The number of hydrogen-bond donors (Lipinski definition) is 0. The molecule has 2 heteroatoms. The van der Waals surface area contributed by atoms with E-state index in [1.54, 1.807) is 0 Å². The summed E-state index contributed by atoms with van der Waals surface area (Å²) < 4.78 is 1.87. The Balaban J connectivity index is 2.37. The second-order valence-electron chi connectivity index (χ2n) is 4.85. The van der Waals surface area contributed by atoms with Crippen molar-refractivity contribution in [2.24, 2.45) is 0 Å². The summed E-state index contributed by atoms with van der Waals surface area (Å²) in [6, 6.07) is 8.27. The van der Waals surface area contributed by atoms with Gasteiger partial charge in [0.2, 0.25) is 6.41 Å². The van der Waals surface area contributed by atoms with Crippen molar-refractivity contribution < 1.29 is 4.79 Å². The molecule has 1 aromatic heterocycles. The van der Waals surface area contributed by atoms with Crippen LogP contribution in [-0.2, 0) is 11.2 Å². The summed E-state index contributed by atoms with van der Waals surface area (Å²) in [5.74, 6) is 0.552. The first-order valence-electron chi connectivity index (χ1n) is 6.43. The summed E-state index contributed by atoms with van der Waals surface area (Å²) in [5, 5.41) is 1.27. The molecule has 0 bridgehead atoms. The van der Waals surface area contributed by atoms with Crippen LogP contribution < -0.4 is 0 Å². The largest absolute Gasteiger partial charge is 0.286 e. The Kier molecular flexibility index (Phi) is 2.50. The number of nitrogens with zero attached hydrogens (tertiary/aromatic N) is 1. The van der Waals surface area contributed by atoms with E-state index in [4.69, 9.17) is 0 Å². The maximum Gasteiger partial charge on any atom is 0.218 e. The smallest absolute Gasteiger partial charge is 0.218 e. The summed E-state index contributed by atoms with van der Waals surface area (Å²) in [5.41, 5.74) is 3.76. The van der Waals surface area contributed by atoms with Crippen LogP contribution in [0.1, 0.15) is 43.4 Å². The van der Waals surface area contributed by atoms with E-state index >= 15 is 0 Å². The van der Waals surface area contributed by atoms with Gasteiger partial charge in [-0.1, -0.05) is 25.1 Å². The Bertz CT molecular complexity index is 568. The van der Waals surface area contributed by atoms with Crippen LogP contribution in [-0.4, -0.2) is 11.0 Å². The lowest BCUT2D eigenvalue weighted by atomic mass is 9.85. The molecule has 1 atom stereocenters. The van der Waals surface area contributed by atoms with Crippen LogP contribution in [0.4, 0.5) is 0 Å². The Morgan fingerprint density at radius 1 is 1.41 bits per heavy atom. The standard InChI is InChI=1S/C15H17NO/c1-2-11-6-5-8-13-12-7-3-4-9-14(12)16(10-17)15(11)13/h3-4,7,9-11H,2,5-6,8H2,1H3. The zero-order valence-electron chi connectivity index (χ0n) is 10.1. The molecule has 0 saturated carbocycles. The Labute approximate surface area is 101 Å². The fourth-order valence-electron chi connectivity index (χ4n) is 3.23. The molecule has 1 aliphatic rings. The van der Waals surface area contributed by atoms with Crippen LogP contribution in [0.5, 0.6) is 0 Å². The molecular formula is C15H17NO. The van der Waals surface area contributed by atoms with Gasteiger partial charge in [0.15, 0.2) is 0 Å². The number of carbonyl (C=O) groups is 1. The number of hydrogen-bond acceptors (Lipinski definition) is 1. The summed E-state index contributed by atoms with van der Waals surface area (Å²) in [4.78, 5) is 11.4.